The van der Waals surface area contributed by atoms with E-state index in [1.165, 1.54) is 4.90 Å². The molecule has 24 heavy (non-hydrogen) atoms. The van der Waals surface area contributed by atoms with Crippen molar-refractivity contribution in [2.24, 2.45) is 0 Å². The number of rotatable bonds is 2. The average Bonchev–Trinajstić information content (AvgIpc) is 2.73. The van der Waals surface area contributed by atoms with Crippen LogP contribution in [0.5, 0.6) is 5.88 Å². The van der Waals surface area contributed by atoms with Crippen LogP contribution in [-0.4, -0.2) is 47.7 Å². The fourth-order valence-electron chi connectivity index (χ4n) is 3.00. The zero-order valence-corrected chi connectivity index (χ0v) is 14.8. The summed E-state index contributed by atoms with van der Waals surface area (Å²) in [6, 6.07) is 0. The van der Waals surface area contributed by atoms with Crippen molar-refractivity contribution in [2.45, 2.75) is 52.2 Å². The summed E-state index contributed by atoms with van der Waals surface area (Å²) in [6.45, 7) is 10.5. The molecule has 8 heteroatoms. The van der Waals surface area contributed by atoms with Crippen LogP contribution in [0.25, 0.3) is 0 Å². The second kappa shape index (κ2) is 5.63. The Labute approximate surface area is 142 Å². The molecule has 0 unspecified atom stereocenters. The average molecular weight is 334 g/mol. The van der Waals surface area contributed by atoms with E-state index >= 15 is 0 Å². The number of nitrogens with zero attached hydrogens (tertiary/aromatic N) is 2. The first kappa shape index (κ1) is 17.0. The van der Waals surface area contributed by atoms with E-state index in [9.17, 15) is 9.90 Å². The molecule has 1 amide bonds. The van der Waals surface area contributed by atoms with Crippen molar-refractivity contribution in [1.82, 2.24) is 4.98 Å². The Hall–Kier alpha value is -1.80. The van der Waals surface area contributed by atoms with Crippen molar-refractivity contribution in [2.75, 3.05) is 18.1 Å². The molecule has 0 aliphatic carbocycles. The van der Waals surface area contributed by atoms with E-state index in [1.54, 1.807) is 6.20 Å². The smallest absolute Gasteiger partial charge is 0.474 e. The number of carbonyl (C=O) groups is 1. The largest absolute Gasteiger partial charge is 0.496 e. The molecule has 2 aliphatic rings. The highest BCUT2D eigenvalue weighted by atomic mass is 16.7. The molecule has 7 nitrogen and oxygen atoms in total. The Balaban J connectivity index is 2.08. The summed E-state index contributed by atoms with van der Waals surface area (Å²) in [5, 5.41) is 9.51. The standard InChI is InChI=1S/C16H23BN2O5/c1-6-10-11(17-23-15(2,3)16(4,5)24-17)9-18-13-12(10)19(14(20)21)7-8-22-13/h9H,6-8H2,1-5H3,(H,20,21). The highest BCUT2D eigenvalue weighted by molar-refractivity contribution is 6.62. The fraction of sp³-hybridized carbons (Fsp3) is 0.625. The summed E-state index contributed by atoms with van der Waals surface area (Å²) in [6.07, 6.45) is 1.28. The van der Waals surface area contributed by atoms with Crippen LogP contribution in [-0.2, 0) is 15.7 Å². The van der Waals surface area contributed by atoms with Crippen LogP contribution < -0.4 is 15.1 Å². The van der Waals surface area contributed by atoms with Gasteiger partial charge in [0.15, 0.2) is 0 Å². The van der Waals surface area contributed by atoms with Gasteiger partial charge in [-0.15, -0.1) is 0 Å². The van der Waals surface area contributed by atoms with Crippen LogP contribution in [0.4, 0.5) is 10.5 Å². The molecule has 0 radical (unpaired) electrons. The molecule has 1 saturated heterocycles. The van der Waals surface area contributed by atoms with Crippen molar-refractivity contribution in [3.8, 4) is 5.88 Å². The normalized spacial score (nSPS) is 21.4. The van der Waals surface area contributed by atoms with Crippen LogP contribution in [0.3, 0.4) is 0 Å². The summed E-state index contributed by atoms with van der Waals surface area (Å²) in [7, 11) is -0.583. The molecule has 0 atom stereocenters. The van der Waals surface area contributed by atoms with Gasteiger partial charge in [0.2, 0.25) is 5.88 Å². The summed E-state index contributed by atoms with van der Waals surface area (Å²) < 4.78 is 17.8. The molecule has 3 rings (SSSR count). The van der Waals surface area contributed by atoms with Gasteiger partial charge in [0.05, 0.1) is 17.7 Å². The van der Waals surface area contributed by atoms with Crippen molar-refractivity contribution >= 4 is 24.4 Å². The third-order valence-corrected chi connectivity index (χ3v) is 5.07. The molecule has 0 saturated carbocycles. The lowest BCUT2D eigenvalue weighted by Gasteiger charge is -2.32. The van der Waals surface area contributed by atoms with Gasteiger partial charge in [0.25, 0.3) is 0 Å². The van der Waals surface area contributed by atoms with E-state index in [-0.39, 0.29) is 6.54 Å². The first-order valence-corrected chi connectivity index (χ1v) is 8.18. The van der Waals surface area contributed by atoms with Gasteiger partial charge in [-0.25, -0.2) is 9.78 Å². The number of carboxylic acid groups (broad SMARTS) is 1. The van der Waals surface area contributed by atoms with Gasteiger partial charge in [-0.3, -0.25) is 4.90 Å². The van der Waals surface area contributed by atoms with Crippen molar-refractivity contribution in [1.29, 1.82) is 0 Å². The number of pyridine rings is 1. The van der Waals surface area contributed by atoms with Gasteiger partial charge in [-0.2, -0.15) is 0 Å². The van der Waals surface area contributed by atoms with Crippen molar-refractivity contribution < 1.29 is 23.9 Å². The molecule has 3 heterocycles. The van der Waals surface area contributed by atoms with E-state index in [1.807, 2.05) is 34.6 Å². The molecule has 0 spiro atoms. The van der Waals surface area contributed by atoms with Crippen LogP contribution in [0, 0.1) is 0 Å². The minimum Gasteiger partial charge on any atom is -0.474 e. The molecule has 1 aromatic heterocycles. The minimum atomic E-state index is -1.01. The first-order valence-electron chi connectivity index (χ1n) is 8.18. The van der Waals surface area contributed by atoms with Crippen LogP contribution >= 0.6 is 0 Å². The van der Waals surface area contributed by atoms with E-state index in [2.05, 4.69) is 4.98 Å². The molecule has 0 aromatic carbocycles. The Morgan fingerprint density at radius 3 is 2.50 bits per heavy atom. The van der Waals surface area contributed by atoms with Crippen LogP contribution in [0.15, 0.2) is 6.20 Å². The Morgan fingerprint density at radius 1 is 1.33 bits per heavy atom. The van der Waals surface area contributed by atoms with Crippen molar-refractivity contribution in [3.05, 3.63) is 11.8 Å². The number of aromatic nitrogens is 1. The number of fused-ring (bicyclic) bond motifs is 1. The molecule has 1 aromatic rings. The Bertz CT molecular complexity index is 661. The first-order chi connectivity index (χ1) is 11.2. The lowest BCUT2D eigenvalue weighted by Crippen LogP contribution is -2.42. The fourth-order valence-corrected chi connectivity index (χ4v) is 3.00. The van der Waals surface area contributed by atoms with E-state index in [0.29, 0.717) is 24.6 Å². The second-order valence-electron chi connectivity index (χ2n) is 7.07. The Morgan fingerprint density at radius 2 is 1.96 bits per heavy atom. The van der Waals surface area contributed by atoms with Gasteiger partial charge in [0, 0.05) is 11.7 Å². The molecule has 1 N–H and O–H groups in total. The van der Waals surface area contributed by atoms with Crippen LogP contribution in [0.1, 0.15) is 40.2 Å². The topological polar surface area (TPSA) is 81.1 Å². The number of ether oxygens (including phenoxy) is 1. The number of anilines is 1. The molecule has 130 valence electrons. The van der Waals surface area contributed by atoms with Gasteiger partial charge in [-0.05, 0) is 39.7 Å². The lowest BCUT2D eigenvalue weighted by atomic mass is 9.76. The SMILES string of the molecule is CCc1c(B2OC(C)(C)C(C)(C)O2)cnc2c1N(C(=O)O)CCO2. The molecular formula is C16H23BN2O5. The van der Waals surface area contributed by atoms with E-state index < -0.39 is 24.4 Å². The summed E-state index contributed by atoms with van der Waals surface area (Å²) in [5.74, 6) is 0.348. The molecule has 0 bridgehead atoms. The summed E-state index contributed by atoms with van der Waals surface area (Å²) >= 11 is 0. The quantitative estimate of drug-likeness (QED) is 0.831. The second-order valence-corrected chi connectivity index (χ2v) is 7.07. The summed E-state index contributed by atoms with van der Waals surface area (Å²) in [5.41, 5.74) is 1.15. The Kier molecular flexibility index (Phi) is 4.00. The molecular weight excluding hydrogens is 311 g/mol. The number of amides is 1. The maximum atomic E-state index is 11.6. The van der Waals surface area contributed by atoms with E-state index in [4.69, 9.17) is 14.0 Å². The number of hydrogen-bond acceptors (Lipinski definition) is 5. The van der Waals surface area contributed by atoms with Gasteiger partial charge in [0.1, 0.15) is 12.3 Å². The highest BCUT2D eigenvalue weighted by Crippen LogP contribution is 2.38. The zero-order chi connectivity index (χ0) is 17.7. The minimum absolute atomic E-state index is 0.282. The highest BCUT2D eigenvalue weighted by Gasteiger charge is 2.52. The zero-order valence-electron chi connectivity index (χ0n) is 14.8. The third-order valence-electron chi connectivity index (χ3n) is 5.07. The lowest BCUT2D eigenvalue weighted by molar-refractivity contribution is 0.00578. The van der Waals surface area contributed by atoms with Gasteiger partial charge < -0.3 is 19.2 Å². The van der Waals surface area contributed by atoms with Gasteiger partial charge >= 0.3 is 13.2 Å². The predicted octanol–water partition coefficient (Wildman–Crippen LogP) is 1.82. The maximum Gasteiger partial charge on any atom is 0.496 e. The third kappa shape index (κ3) is 2.54. The monoisotopic (exact) mass is 334 g/mol. The molecule has 1 fully saturated rings. The van der Waals surface area contributed by atoms with Gasteiger partial charge in [-0.1, -0.05) is 6.92 Å². The summed E-state index contributed by atoms with van der Waals surface area (Å²) in [4.78, 5) is 17.2. The maximum absolute atomic E-state index is 11.6. The molecule has 2 aliphatic heterocycles. The predicted molar refractivity (Wildman–Crippen MR) is 90.2 cm³/mol. The number of hydrogen-bond donors (Lipinski definition) is 1. The van der Waals surface area contributed by atoms with Crippen LogP contribution in [0.2, 0.25) is 0 Å². The van der Waals surface area contributed by atoms with E-state index in [0.717, 1.165) is 11.0 Å². The van der Waals surface area contributed by atoms with Crippen molar-refractivity contribution in [3.63, 3.8) is 0 Å².